The molecule has 1 N–H and O–H groups in total. The summed E-state index contributed by atoms with van der Waals surface area (Å²) in [5.41, 5.74) is 0. The molecule has 1 aromatic carbocycles. The third-order valence-electron chi connectivity index (χ3n) is 2.44. The van der Waals surface area contributed by atoms with Crippen LogP contribution in [0.3, 0.4) is 0 Å². The Morgan fingerprint density at radius 2 is 2.00 bits per heavy atom. The Balaban J connectivity index is 3.31. The smallest absolute Gasteiger partial charge is 0.244 e. The van der Waals surface area contributed by atoms with Crippen molar-refractivity contribution in [3.8, 4) is 5.75 Å². The highest BCUT2D eigenvalue weighted by atomic mass is 35.5. The predicted molar refractivity (Wildman–Crippen MR) is 73.1 cm³/mol. The van der Waals surface area contributed by atoms with Gasteiger partial charge in [0.05, 0.1) is 12.1 Å². The fourth-order valence-corrected chi connectivity index (χ4v) is 3.58. The quantitative estimate of drug-likeness (QED) is 0.909. The summed E-state index contributed by atoms with van der Waals surface area (Å²) < 4.78 is 31.9. The Morgan fingerprint density at radius 1 is 1.39 bits per heavy atom. The van der Waals surface area contributed by atoms with Crippen LogP contribution in [0.25, 0.3) is 0 Å². The lowest BCUT2D eigenvalue weighted by Crippen LogP contribution is -2.32. The van der Waals surface area contributed by atoms with E-state index in [-0.39, 0.29) is 26.7 Å². The van der Waals surface area contributed by atoms with Gasteiger partial charge in [0.2, 0.25) is 10.0 Å². The number of rotatable bonds is 5. The molecule has 0 amide bonds. The molecule has 0 aliphatic heterocycles. The molecule has 102 valence electrons. The highest BCUT2D eigenvalue weighted by molar-refractivity contribution is 7.89. The van der Waals surface area contributed by atoms with E-state index in [2.05, 4.69) is 4.72 Å². The fraction of sp³-hybridized carbons (Fsp3) is 0.455. The Kier molecular flexibility index (Phi) is 5.28. The summed E-state index contributed by atoms with van der Waals surface area (Å²) in [6, 6.07) is 2.57. The lowest BCUT2D eigenvalue weighted by atomic mass is 10.3. The monoisotopic (exact) mass is 311 g/mol. The van der Waals surface area contributed by atoms with Gasteiger partial charge in [-0.25, -0.2) is 13.1 Å². The molecule has 1 atom stereocenters. The molecule has 1 aromatic rings. The molecule has 4 nitrogen and oxygen atoms in total. The highest BCUT2D eigenvalue weighted by Crippen LogP contribution is 2.35. The normalized spacial score (nSPS) is 13.4. The maximum Gasteiger partial charge on any atom is 0.244 e. The predicted octanol–water partition coefficient (Wildman–Crippen LogP) is 3.08. The van der Waals surface area contributed by atoms with Gasteiger partial charge < -0.3 is 4.74 Å². The van der Waals surface area contributed by atoms with Crippen molar-refractivity contribution in [1.29, 1.82) is 0 Å². The van der Waals surface area contributed by atoms with Gasteiger partial charge >= 0.3 is 0 Å². The summed E-state index contributed by atoms with van der Waals surface area (Å²) >= 11 is 11.7. The molecule has 18 heavy (non-hydrogen) atoms. The zero-order chi connectivity index (χ0) is 13.9. The molecule has 0 aromatic heterocycles. The molecule has 0 aliphatic carbocycles. The summed E-state index contributed by atoms with van der Waals surface area (Å²) in [5.74, 6) is 0.0943. The molecule has 0 spiro atoms. The fourth-order valence-electron chi connectivity index (χ4n) is 1.35. The van der Waals surface area contributed by atoms with Gasteiger partial charge in [-0.1, -0.05) is 30.1 Å². The van der Waals surface area contributed by atoms with Crippen molar-refractivity contribution in [2.24, 2.45) is 0 Å². The molecule has 0 radical (unpaired) electrons. The van der Waals surface area contributed by atoms with Crippen LogP contribution in [0.15, 0.2) is 17.0 Å². The second-order valence-electron chi connectivity index (χ2n) is 3.85. The van der Waals surface area contributed by atoms with Crippen LogP contribution in [0.5, 0.6) is 5.75 Å². The topological polar surface area (TPSA) is 55.4 Å². The van der Waals surface area contributed by atoms with E-state index in [0.717, 1.165) is 0 Å². The minimum absolute atomic E-state index is 0.0530. The summed E-state index contributed by atoms with van der Waals surface area (Å²) in [4.78, 5) is -0.0530. The van der Waals surface area contributed by atoms with E-state index >= 15 is 0 Å². The Morgan fingerprint density at radius 3 is 2.50 bits per heavy atom. The molecule has 0 heterocycles. The maximum atomic E-state index is 12.2. The summed E-state index contributed by atoms with van der Waals surface area (Å²) in [7, 11) is -2.34. The van der Waals surface area contributed by atoms with Crippen LogP contribution in [-0.2, 0) is 10.0 Å². The summed E-state index contributed by atoms with van der Waals surface area (Å²) in [5, 5.41) is 0.403. The zero-order valence-electron chi connectivity index (χ0n) is 10.3. The molecule has 0 saturated heterocycles. The molecule has 7 heteroatoms. The van der Waals surface area contributed by atoms with Crippen LogP contribution in [-0.4, -0.2) is 21.6 Å². The standard InChI is InChI=1S/C11H15Cl2NO3S/c1-4-7(2)14-18(15,16)10-6-8(12)5-9(13)11(10)17-3/h5-7,14H,4H2,1-3H3. The first-order valence-electron chi connectivity index (χ1n) is 5.37. The lowest BCUT2D eigenvalue weighted by molar-refractivity contribution is 0.402. The van der Waals surface area contributed by atoms with E-state index in [0.29, 0.717) is 6.42 Å². The van der Waals surface area contributed by atoms with Crippen molar-refractivity contribution >= 4 is 33.2 Å². The maximum absolute atomic E-state index is 12.2. The Labute approximate surface area is 117 Å². The van der Waals surface area contributed by atoms with Crippen molar-refractivity contribution < 1.29 is 13.2 Å². The molecule has 1 unspecified atom stereocenters. The number of hydrogen-bond acceptors (Lipinski definition) is 3. The van der Waals surface area contributed by atoms with Gasteiger partial charge in [0, 0.05) is 11.1 Å². The second kappa shape index (κ2) is 6.10. The first-order chi connectivity index (χ1) is 8.31. The number of ether oxygens (including phenoxy) is 1. The van der Waals surface area contributed by atoms with Crippen LogP contribution in [0, 0.1) is 0 Å². The van der Waals surface area contributed by atoms with Crippen LogP contribution in [0.2, 0.25) is 10.0 Å². The third-order valence-corrected chi connectivity index (χ3v) is 4.53. The van der Waals surface area contributed by atoms with E-state index in [9.17, 15) is 8.42 Å². The van der Waals surface area contributed by atoms with E-state index in [4.69, 9.17) is 27.9 Å². The van der Waals surface area contributed by atoms with Gasteiger partial charge in [-0.15, -0.1) is 0 Å². The molecule has 0 bridgehead atoms. The van der Waals surface area contributed by atoms with E-state index in [1.54, 1.807) is 6.92 Å². The number of nitrogens with one attached hydrogen (secondary N) is 1. The first-order valence-corrected chi connectivity index (χ1v) is 7.61. The van der Waals surface area contributed by atoms with E-state index in [1.807, 2.05) is 6.92 Å². The Bertz CT molecular complexity index is 531. The van der Waals surface area contributed by atoms with Gasteiger partial charge in [-0.3, -0.25) is 0 Å². The largest absolute Gasteiger partial charge is 0.494 e. The lowest BCUT2D eigenvalue weighted by Gasteiger charge is -2.15. The van der Waals surface area contributed by atoms with Gasteiger partial charge in [0.25, 0.3) is 0 Å². The number of halogens is 2. The van der Waals surface area contributed by atoms with Crippen molar-refractivity contribution in [2.45, 2.75) is 31.2 Å². The molecular weight excluding hydrogens is 297 g/mol. The number of benzene rings is 1. The second-order valence-corrected chi connectivity index (χ2v) is 6.38. The van der Waals surface area contributed by atoms with Crippen LogP contribution in [0.1, 0.15) is 20.3 Å². The van der Waals surface area contributed by atoms with Gasteiger partial charge in [-0.2, -0.15) is 0 Å². The zero-order valence-corrected chi connectivity index (χ0v) is 12.7. The van der Waals surface area contributed by atoms with Gasteiger partial charge in [0.1, 0.15) is 4.90 Å². The average molecular weight is 312 g/mol. The summed E-state index contributed by atoms with van der Waals surface area (Å²) in [6.45, 7) is 3.66. The molecule has 0 aliphatic rings. The van der Waals surface area contributed by atoms with E-state index in [1.165, 1.54) is 19.2 Å². The third kappa shape index (κ3) is 3.51. The average Bonchev–Trinajstić information content (AvgIpc) is 2.27. The van der Waals surface area contributed by atoms with Crippen molar-refractivity contribution in [1.82, 2.24) is 4.72 Å². The molecular formula is C11H15Cl2NO3S. The molecule has 1 rings (SSSR count). The van der Waals surface area contributed by atoms with Crippen LogP contribution >= 0.6 is 23.2 Å². The molecule has 0 fully saturated rings. The number of hydrogen-bond donors (Lipinski definition) is 1. The highest BCUT2D eigenvalue weighted by Gasteiger charge is 2.23. The van der Waals surface area contributed by atoms with Crippen molar-refractivity contribution in [3.05, 3.63) is 22.2 Å². The van der Waals surface area contributed by atoms with Crippen molar-refractivity contribution in [3.63, 3.8) is 0 Å². The SMILES string of the molecule is CCC(C)NS(=O)(=O)c1cc(Cl)cc(Cl)c1OC. The summed E-state index contributed by atoms with van der Waals surface area (Å²) in [6.07, 6.45) is 0.676. The van der Waals surface area contributed by atoms with Crippen LogP contribution < -0.4 is 9.46 Å². The number of methoxy groups -OCH3 is 1. The van der Waals surface area contributed by atoms with Crippen molar-refractivity contribution in [2.75, 3.05) is 7.11 Å². The minimum Gasteiger partial charge on any atom is -0.494 e. The van der Waals surface area contributed by atoms with Gasteiger partial charge in [-0.05, 0) is 25.5 Å². The first kappa shape index (κ1) is 15.6. The molecule has 0 saturated carbocycles. The van der Waals surface area contributed by atoms with Gasteiger partial charge in [0.15, 0.2) is 5.75 Å². The van der Waals surface area contributed by atoms with E-state index < -0.39 is 10.0 Å². The Hall–Kier alpha value is -0.490. The van der Waals surface area contributed by atoms with Crippen LogP contribution in [0.4, 0.5) is 0 Å². The minimum atomic E-state index is -3.70. The number of sulfonamides is 1.